The second-order valence-corrected chi connectivity index (χ2v) is 12.6. The first-order chi connectivity index (χ1) is 15.7. The fraction of sp³-hybridized carbons (Fsp3) is 0.923. The Hall–Kier alpha value is -1.54. The quantitative estimate of drug-likeness (QED) is 0.599. The summed E-state index contributed by atoms with van der Waals surface area (Å²) in [5.74, 6) is 0. The molecule has 2 saturated carbocycles. The van der Waals surface area contributed by atoms with Crippen LogP contribution in [-0.4, -0.2) is 96.5 Å². The molecule has 4 fully saturated rings. The van der Waals surface area contributed by atoms with E-state index >= 15 is 0 Å². The minimum absolute atomic E-state index is 0.164. The first kappa shape index (κ1) is 28.7. The van der Waals surface area contributed by atoms with E-state index in [9.17, 15) is 9.59 Å². The molecule has 2 aliphatic heterocycles. The number of nitrogens with one attached hydrogen (secondary N) is 1. The van der Waals surface area contributed by atoms with Crippen LogP contribution in [0.15, 0.2) is 0 Å². The highest BCUT2D eigenvalue weighted by Crippen LogP contribution is 2.43. The van der Waals surface area contributed by atoms with Gasteiger partial charge < -0.3 is 24.6 Å². The fourth-order valence-corrected chi connectivity index (χ4v) is 3.46. The maximum absolute atomic E-state index is 11.8. The van der Waals surface area contributed by atoms with Gasteiger partial charge in [-0.25, -0.2) is 9.59 Å². The standard InChI is InChI=1S/C12H22N2O2.C9H18N2O2.C5H10/c1-12(2,3)16-11(15)14-8-6-13(7-9-14)10-4-5-10;1-9(2,3)13-8(12)11-6-4-10-5-7-11;1-5(2)3-4-5/h10H,4-9H2,1-3H3;10H,4-7H2,1-3H3;3-4H2,1-2H3. The topological polar surface area (TPSA) is 74.4 Å². The van der Waals surface area contributed by atoms with Crippen molar-refractivity contribution < 1.29 is 19.1 Å². The van der Waals surface area contributed by atoms with Gasteiger partial charge in [-0.3, -0.25) is 4.90 Å². The molecule has 0 spiro atoms. The molecule has 0 radical (unpaired) electrons. The van der Waals surface area contributed by atoms with Crippen molar-refractivity contribution in [3.05, 3.63) is 0 Å². The minimum Gasteiger partial charge on any atom is -0.444 e. The van der Waals surface area contributed by atoms with Gasteiger partial charge in [0, 0.05) is 58.4 Å². The van der Waals surface area contributed by atoms with Crippen LogP contribution in [-0.2, 0) is 9.47 Å². The summed E-state index contributed by atoms with van der Waals surface area (Å²) in [5, 5.41) is 3.18. The number of hydrogen-bond acceptors (Lipinski definition) is 6. The Bertz CT molecular complexity index is 645. The maximum atomic E-state index is 11.8. The van der Waals surface area contributed by atoms with E-state index in [0.717, 1.165) is 63.8 Å². The van der Waals surface area contributed by atoms with Gasteiger partial charge in [0.25, 0.3) is 0 Å². The van der Waals surface area contributed by atoms with Crippen molar-refractivity contribution >= 4 is 12.2 Å². The van der Waals surface area contributed by atoms with Crippen molar-refractivity contribution in [1.29, 1.82) is 0 Å². The fourth-order valence-electron chi connectivity index (χ4n) is 3.46. The Balaban J connectivity index is 0.000000203. The summed E-state index contributed by atoms with van der Waals surface area (Å²) in [5.41, 5.74) is -0.0212. The van der Waals surface area contributed by atoms with Crippen molar-refractivity contribution in [3.63, 3.8) is 0 Å². The van der Waals surface area contributed by atoms with E-state index in [1.54, 1.807) is 4.90 Å². The summed E-state index contributed by atoms with van der Waals surface area (Å²) in [7, 11) is 0. The number of carbonyl (C=O) groups is 2. The molecule has 0 aromatic rings. The number of ether oxygens (including phenoxy) is 2. The van der Waals surface area contributed by atoms with Gasteiger partial charge in [-0.1, -0.05) is 13.8 Å². The van der Waals surface area contributed by atoms with Crippen LogP contribution in [0, 0.1) is 5.41 Å². The smallest absolute Gasteiger partial charge is 0.410 e. The third kappa shape index (κ3) is 12.2. The first-order valence-corrected chi connectivity index (χ1v) is 13.1. The van der Waals surface area contributed by atoms with Crippen LogP contribution in [0.5, 0.6) is 0 Å². The minimum atomic E-state index is -0.387. The average molecular weight is 483 g/mol. The highest BCUT2D eigenvalue weighted by Gasteiger charge is 2.33. The molecule has 0 bridgehead atoms. The van der Waals surface area contributed by atoms with E-state index in [1.807, 2.05) is 46.4 Å². The van der Waals surface area contributed by atoms with Gasteiger partial charge in [-0.2, -0.15) is 0 Å². The van der Waals surface area contributed by atoms with E-state index in [4.69, 9.17) is 9.47 Å². The summed E-state index contributed by atoms with van der Waals surface area (Å²) in [6.45, 7) is 22.8. The van der Waals surface area contributed by atoms with Gasteiger partial charge in [-0.15, -0.1) is 0 Å². The van der Waals surface area contributed by atoms with Gasteiger partial charge in [0.05, 0.1) is 0 Å². The Morgan fingerprint density at radius 1 is 0.735 bits per heavy atom. The summed E-state index contributed by atoms with van der Waals surface area (Å²) in [4.78, 5) is 29.3. The highest BCUT2D eigenvalue weighted by molar-refractivity contribution is 5.68. The predicted molar refractivity (Wildman–Crippen MR) is 136 cm³/mol. The molecular weight excluding hydrogens is 432 g/mol. The normalized spacial score (nSPS) is 22.5. The van der Waals surface area contributed by atoms with E-state index < -0.39 is 0 Å². The third-order valence-corrected chi connectivity index (χ3v) is 6.05. The third-order valence-electron chi connectivity index (χ3n) is 6.05. The summed E-state index contributed by atoms with van der Waals surface area (Å²) < 4.78 is 10.6. The SMILES string of the molecule is CC(C)(C)OC(=O)N1CCN(C2CC2)CC1.CC(C)(C)OC(=O)N1CCNCC1.CC1(C)CC1. The summed E-state index contributed by atoms with van der Waals surface area (Å²) >= 11 is 0. The summed E-state index contributed by atoms with van der Waals surface area (Å²) in [6.07, 6.45) is 5.22. The van der Waals surface area contributed by atoms with Crippen molar-refractivity contribution in [3.8, 4) is 0 Å². The molecule has 0 atom stereocenters. The Morgan fingerprint density at radius 2 is 1.12 bits per heavy atom. The zero-order chi connectivity index (χ0) is 25.6. The Labute approximate surface area is 207 Å². The molecule has 4 rings (SSSR count). The van der Waals surface area contributed by atoms with Crippen LogP contribution >= 0.6 is 0 Å². The monoisotopic (exact) mass is 482 g/mol. The molecule has 34 heavy (non-hydrogen) atoms. The van der Waals surface area contributed by atoms with Gasteiger partial charge in [-0.05, 0) is 72.6 Å². The van der Waals surface area contributed by atoms with Gasteiger partial charge >= 0.3 is 12.2 Å². The lowest BCUT2D eigenvalue weighted by Gasteiger charge is -2.35. The Morgan fingerprint density at radius 3 is 1.44 bits per heavy atom. The number of rotatable bonds is 1. The van der Waals surface area contributed by atoms with Gasteiger partial charge in [0.1, 0.15) is 11.2 Å². The van der Waals surface area contributed by atoms with Crippen LogP contribution in [0.2, 0.25) is 0 Å². The number of carbonyl (C=O) groups excluding carboxylic acids is 2. The molecule has 0 aromatic heterocycles. The van der Waals surface area contributed by atoms with Crippen LogP contribution in [0.3, 0.4) is 0 Å². The lowest BCUT2D eigenvalue weighted by Crippen LogP contribution is -2.50. The molecule has 8 nitrogen and oxygen atoms in total. The van der Waals surface area contributed by atoms with E-state index in [-0.39, 0.29) is 23.4 Å². The second-order valence-electron chi connectivity index (χ2n) is 12.6. The lowest BCUT2D eigenvalue weighted by molar-refractivity contribution is 0.0137. The molecule has 1 N–H and O–H groups in total. The molecule has 198 valence electrons. The number of amides is 2. The molecule has 2 saturated heterocycles. The lowest BCUT2D eigenvalue weighted by atomic mass is 10.2. The van der Waals surface area contributed by atoms with Crippen molar-refractivity contribution in [2.45, 2.75) is 98.3 Å². The van der Waals surface area contributed by atoms with Crippen LogP contribution in [0.4, 0.5) is 9.59 Å². The molecule has 0 aromatic carbocycles. The van der Waals surface area contributed by atoms with Crippen LogP contribution in [0.25, 0.3) is 0 Å². The largest absolute Gasteiger partial charge is 0.444 e. The van der Waals surface area contributed by atoms with Crippen molar-refractivity contribution in [2.75, 3.05) is 52.4 Å². The zero-order valence-corrected chi connectivity index (χ0v) is 23.0. The summed E-state index contributed by atoms with van der Waals surface area (Å²) in [6, 6.07) is 0.806. The molecule has 8 heteroatoms. The number of piperazine rings is 2. The average Bonchev–Trinajstić information content (AvgIpc) is 3.65. The van der Waals surface area contributed by atoms with Gasteiger partial charge in [0.15, 0.2) is 0 Å². The van der Waals surface area contributed by atoms with Crippen molar-refractivity contribution in [2.24, 2.45) is 5.41 Å². The molecule has 2 amide bonds. The number of nitrogens with zero attached hydrogens (tertiary/aromatic N) is 3. The van der Waals surface area contributed by atoms with Gasteiger partial charge in [0.2, 0.25) is 0 Å². The molecule has 4 aliphatic rings. The molecule has 0 unspecified atom stereocenters. The Kier molecular flexibility index (Phi) is 10.1. The predicted octanol–water partition coefficient (Wildman–Crippen LogP) is 4.33. The molecule has 2 heterocycles. The van der Waals surface area contributed by atoms with E-state index in [2.05, 4.69) is 24.1 Å². The number of hydrogen-bond donors (Lipinski definition) is 1. The first-order valence-electron chi connectivity index (χ1n) is 13.1. The zero-order valence-electron chi connectivity index (χ0n) is 23.0. The van der Waals surface area contributed by atoms with Crippen molar-refractivity contribution in [1.82, 2.24) is 20.0 Å². The van der Waals surface area contributed by atoms with Crippen LogP contribution in [0.1, 0.15) is 81.1 Å². The second kappa shape index (κ2) is 11.9. The van der Waals surface area contributed by atoms with E-state index in [0.29, 0.717) is 0 Å². The molecule has 2 aliphatic carbocycles. The molecular formula is C26H50N4O4. The van der Waals surface area contributed by atoms with Crippen LogP contribution < -0.4 is 5.32 Å². The maximum Gasteiger partial charge on any atom is 0.410 e. The highest BCUT2D eigenvalue weighted by atomic mass is 16.6. The van der Waals surface area contributed by atoms with E-state index in [1.165, 1.54) is 25.7 Å².